The SMILES string of the molecule is CC(=O)N1CCCC(SC(C)C)C1. The van der Waals surface area contributed by atoms with Gasteiger partial charge in [-0.25, -0.2) is 0 Å². The van der Waals surface area contributed by atoms with E-state index in [9.17, 15) is 4.79 Å². The second-order valence-electron chi connectivity index (χ2n) is 3.91. The molecule has 1 heterocycles. The van der Waals surface area contributed by atoms with E-state index in [0.29, 0.717) is 10.5 Å². The van der Waals surface area contributed by atoms with Crippen LogP contribution in [0.5, 0.6) is 0 Å². The molecule has 1 atom stereocenters. The monoisotopic (exact) mass is 201 g/mol. The Kier molecular flexibility index (Phi) is 4.10. The molecule has 1 saturated heterocycles. The molecule has 2 nitrogen and oxygen atoms in total. The van der Waals surface area contributed by atoms with Crippen LogP contribution in [-0.4, -0.2) is 34.4 Å². The van der Waals surface area contributed by atoms with Crippen LogP contribution in [0.15, 0.2) is 0 Å². The van der Waals surface area contributed by atoms with Gasteiger partial charge in [-0.05, 0) is 18.1 Å². The van der Waals surface area contributed by atoms with Crippen LogP contribution in [0.25, 0.3) is 0 Å². The van der Waals surface area contributed by atoms with Crippen LogP contribution in [0.4, 0.5) is 0 Å². The topological polar surface area (TPSA) is 20.3 Å². The first-order chi connectivity index (χ1) is 6.09. The summed E-state index contributed by atoms with van der Waals surface area (Å²) in [6.45, 7) is 8.03. The predicted molar refractivity (Wildman–Crippen MR) is 58.0 cm³/mol. The number of likely N-dealkylation sites (tertiary alicyclic amines) is 1. The van der Waals surface area contributed by atoms with E-state index < -0.39 is 0 Å². The number of carbonyl (C=O) groups excluding carboxylic acids is 1. The number of amides is 1. The van der Waals surface area contributed by atoms with Crippen molar-refractivity contribution in [2.75, 3.05) is 13.1 Å². The first-order valence-electron chi connectivity index (χ1n) is 5.00. The normalized spacial score (nSPS) is 23.7. The van der Waals surface area contributed by atoms with E-state index in [1.165, 1.54) is 12.8 Å². The van der Waals surface area contributed by atoms with E-state index >= 15 is 0 Å². The Morgan fingerprint density at radius 2 is 2.23 bits per heavy atom. The highest BCUT2D eigenvalue weighted by Gasteiger charge is 2.22. The number of carbonyl (C=O) groups is 1. The van der Waals surface area contributed by atoms with Gasteiger partial charge in [-0.15, -0.1) is 0 Å². The van der Waals surface area contributed by atoms with E-state index in [1.807, 2.05) is 16.7 Å². The molecule has 0 aliphatic carbocycles. The maximum Gasteiger partial charge on any atom is 0.219 e. The van der Waals surface area contributed by atoms with E-state index in [1.54, 1.807) is 6.92 Å². The van der Waals surface area contributed by atoms with E-state index in [-0.39, 0.29) is 5.91 Å². The lowest BCUT2D eigenvalue weighted by molar-refractivity contribution is -0.129. The lowest BCUT2D eigenvalue weighted by Gasteiger charge is -2.32. The third-order valence-electron chi connectivity index (χ3n) is 2.29. The average Bonchev–Trinajstić information content (AvgIpc) is 2.03. The minimum absolute atomic E-state index is 0.231. The molecule has 0 aromatic rings. The van der Waals surface area contributed by atoms with Crippen molar-refractivity contribution in [3.8, 4) is 0 Å². The second-order valence-corrected chi connectivity index (χ2v) is 5.80. The van der Waals surface area contributed by atoms with Crippen LogP contribution in [-0.2, 0) is 4.79 Å². The van der Waals surface area contributed by atoms with Crippen LogP contribution in [0, 0.1) is 0 Å². The van der Waals surface area contributed by atoms with Crippen LogP contribution in [0.1, 0.15) is 33.6 Å². The van der Waals surface area contributed by atoms with Gasteiger partial charge < -0.3 is 4.90 Å². The summed E-state index contributed by atoms with van der Waals surface area (Å²) in [5.74, 6) is 0.231. The summed E-state index contributed by atoms with van der Waals surface area (Å²) in [6.07, 6.45) is 2.44. The summed E-state index contributed by atoms with van der Waals surface area (Å²) in [5.41, 5.74) is 0. The maximum atomic E-state index is 11.1. The summed E-state index contributed by atoms with van der Waals surface area (Å²) in [6, 6.07) is 0. The molecule has 0 radical (unpaired) electrons. The zero-order valence-corrected chi connectivity index (χ0v) is 9.56. The van der Waals surface area contributed by atoms with Crippen LogP contribution < -0.4 is 0 Å². The van der Waals surface area contributed by atoms with Crippen molar-refractivity contribution < 1.29 is 4.79 Å². The summed E-state index contributed by atoms with van der Waals surface area (Å²) in [7, 11) is 0. The first kappa shape index (κ1) is 10.9. The van der Waals surface area contributed by atoms with Gasteiger partial charge >= 0.3 is 0 Å². The molecule has 3 heteroatoms. The number of hydrogen-bond acceptors (Lipinski definition) is 2. The average molecular weight is 201 g/mol. The Hall–Kier alpha value is -0.180. The predicted octanol–water partition coefficient (Wildman–Crippen LogP) is 2.14. The van der Waals surface area contributed by atoms with E-state index in [2.05, 4.69) is 13.8 Å². The van der Waals surface area contributed by atoms with E-state index in [4.69, 9.17) is 0 Å². The second kappa shape index (κ2) is 4.89. The Balaban J connectivity index is 2.37. The number of rotatable bonds is 2. The molecule has 1 aliphatic rings. The summed E-state index contributed by atoms with van der Waals surface area (Å²) < 4.78 is 0. The van der Waals surface area contributed by atoms with Crippen molar-refractivity contribution in [1.29, 1.82) is 0 Å². The van der Waals surface area contributed by atoms with Crippen LogP contribution >= 0.6 is 11.8 Å². The number of nitrogens with zero attached hydrogens (tertiary/aromatic N) is 1. The molecular weight excluding hydrogens is 182 g/mol. The molecule has 0 saturated carbocycles. The standard InChI is InChI=1S/C10H19NOS/c1-8(2)13-10-5-4-6-11(7-10)9(3)12/h8,10H,4-7H2,1-3H3. The molecule has 0 spiro atoms. The Labute approximate surface area is 85.1 Å². The fraction of sp³-hybridized carbons (Fsp3) is 0.900. The molecule has 76 valence electrons. The highest BCUT2D eigenvalue weighted by atomic mass is 32.2. The van der Waals surface area contributed by atoms with Gasteiger partial charge in [0.25, 0.3) is 0 Å². The third kappa shape index (κ3) is 3.59. The fourth-order valence-electron chi connectivity index (χ4n) is 1.72. The van der Waals surface area contributed by atoms with Crippen LogP contribution in [0.2, 0.25) is 0 Å². The Morgan fingerprint density at radius 1 is 1.54 bits per heavy atom. The van der Waals surface area contributed by atoms with Crippen molar-refractivity contribution in [2.24, 2.45) is 0 Å². The van der Waals surface area contributed by atoms with Gasteiger partial charge in [0.1, 0.15) is 0 Å². The summed E-state index contributed by atoms with van der Waals surface area (Å²) in [5, 5.41) is 1.34. The van der Waals surface area contributed by atoms with Crippen LogP contribution in [0.3, 0.4) is 0 Å². The van der Waals surface area contributed by atoms with Gasteiger partial charge in [-0.1, -0.05) is 13.8 Å². The highest BCUT2D eigenvalue weighted by Crippen LogP contribution is 2.25. The molecule has 1 fully saturated rings. The molecule has 0 aromatic heterocycles. The molecule has 13 heavy (non-hydrogen) atoms. The minimum atomic E-state index is 0.231. The lowest BCUT2D eigenvalue weighted by Crippen LogP contribution is -2.40. The van der Waals surface area contributed by atoms with Gasteiger partial charge in [-0.2, -0.15) is 11.8 Å². The van der Waals surface area contributed by atoms with Crippen molar-refractivity contribution in [3.63, 3.8) is 0 Å². The van der Waals surface area contributed by atoms with Crippen molar-refractivity contribution in [2.45, 2.75) is 44.1 Å². The van der Waals surface area contributed by atoms with Gasteiger partial charge in [0, 0.05) is 25.3 Å². The summed E-state index contributed by atoms with van der Waals surface area (Å²) in [4.78, 5) is 13.1. The summed E-state index contributed by atoms with van der Waals surface area (Å²) >= 11 is 2.00. The smallest absolute Gasteiger partial charge is 0.219 e. The Bertz CT molecular complexity index is 182. The number of thioether (sulfide) groups is 1. The largest absolute Gasteiger partial charge is 0.342 e. The fourth-order valence-corrected chi connectivity index (χ4v) is 3.06. The van der Waals surface area contributed by atoms with Gasteiger partial charge in [0.15, 0.2) is 0 Å². The maximum absolute atomic E-state index is 11.1. The molecule has 1 unspecified atom stereocenters. The van der Waals surface area contributed by atoms with Crippen molar-refractivity contribution >= 4 is 17.7 Å². The van der Waals surface area contributed by atoms with Crippen molar-refractivity contribution in [1.82, 2.24) is 4.90 Å². The van der Waals surface area contributed by atoms with E-state index in [0.717, 1.165) is 13.1 Å². The molecule has 0 N–H and O–H groups in total. The minimum Gasteiger partial charge on any atom is -0.342 e. The molecule has 1 rings (SSSR count). The number of hydrogen-bond donors (Lipinski definition) is 0. The first-order valence-corrected chi connectivity index (χ1v) is 5.95. The molecule has 0 aromatic carbocycles. The van der Waals surface area contributed by atoms with Gasteiger partial charge in [-0.3, -0.25) is 4.79 Å². The molecule has 1 amide bonds. The number of piperidine rings is 1. The van der Waals surface area contributed by atoms with Crippen molar-refractivity contribution in [3.05, 3.63) is 0 Å². The quantitative estimate of drug-likeness (QED) is 0.682. The zero-order chi connectivity index (χ0) is 9.84. The highest BCUT2D eigenvalue weighted by molar-refractivity contribution is 8.00. The third-order valence-corrected chi connectivity index (χ3v) is 3.60. The van der Waals surface area contributed by atoms with Gasteiger partial charge in [0.05, 0.1) is 0 Å². The van der Waals surface area contributed by atoms with Gasteiger partial charge in [0.2, 0.25) is 5.91 Å². The molecular formula is C10H19NOS. The molecule has 0 bridgehead atoms. The Morgan fingerprint density at radius 3 is 2.77 bits per heavy atom. The molecule has 1 aliphatic heterocycles. The lowest BCUT2D eigenvalue weighted by atomic mass is 10.1. The zero-order valence-electron chi connectivity index (χ0n) is 8.75.